The van der Waals surface area contributed by atoms with Crippen LogP contribution in [0.5, 0.6) is 0 Å². The van der Waals surface area contributed by atoms with Crippen molar-refractivity contribution in [1.82, 2.24) is 4.98 Å². The quantitative estimate of drug-likeness (QED) is 0.940. The molecule has 0 amide bonds. The number of aromatic nitrogens is 1. The number of hydrogen-bond donors (Lipinski definition) is 1. The molecule has 0 aliphatic carbocycles. The molecule has 0 unspecified atom stereocenters. The summed E-state index contributed by atoms with van der Waals surface area (Å²) in [5.74, 6) is 1.60. The Morgan fingerprint density at radius 1 is 1.47 bits per heavy atom. The number of thiophene rings is 1. The minimum Gasteiger partial charge on any atom is -0.440 e. The molecule has 0 saturated heterocycles. The highest BCUT2D eigenvalue weighted by Gasteiger charge is 2.08. The van der Waals surface area contributed by atoms with E-state index >= 15 is 0 Å². The topological polar surface area (TPSA) is 52.0 Å². The van der Waals surface area contributed by atoms with Crippen molar-refractivity contribution < 1.29 is 4.42 Å². The fourth-order valence-corrected chi connectivity index (χ4v) is 2.56. The minimum atomic E-state index is 0.681. The molecule has 0 atom stereocenters. The van der Waals surface area contributed by atoms with Gasteiger partial charge in [-0.15, -0.1) is 11.3 Å². The number of aryl methyl sites for hydroxylation is 1. The largest absolute Gasteiger partial charge is 0.440 e. The molecule has 0 radical (unpaired) electrons. The number of nitrogens with zero attached hydrogens (tertiary/aromatic N) is 1. The number of hydrogen-bond acceptors (Lipinski definition) is 4. The highest BCUT2D eigenvalue weighted by atomic mass is 79.9. The van der Waals surface area contributed by atoms with E-state index in [0.717, 1.165) is 27.3 Å². The third kappa shape index (κ3) is 2.68. The van der Waals surface area contributed by atoms with Gasteiger partial charge in [0.05, 0.1) is 14.9 Å². The Morgan fingerprint density at radius 3 is 3.00 bits per heavy atom. The molecule has 2 aromatic heterocycles. The fourth-order valence-electron chi connectivity index (χ4n) is 1.24. The van der Waals surface area contributed by atoms with Gasteiger partial charge in [-0.3, -0.25) is 0 Å². The van der Waals surface area contributed by atoms with Crippen molar-refractivity contribution in [3.63, 3.8) is 0 Å². The third-order valence-corrected chi connectivity index (χ3v) is 3.58. The molecule has 0 fully saturated rings. The van der Waals surface area contributed by atoms with E-state index in [1.165, 1.54) is 0 Å². The maximum Gasteiger partial charge on any atom is 0.236 e. The summed E-state index contributed by atoms with van der Waals surface area (Å²) in [4.78, 5) is 5.28. The average Bonchev–Trinajstić information content (AvgIpc) is 2.83. The first kappa shape index (κ1) is 10.9. The Labute approximate surface area is 100 Å². The molecular formula is C10H11BrN2OS. The summed E-state index contributed by atoms with van der Waals surface area (Å²) >= 11 is 5.02. The SMILES string of the molecule is NCCCc1cnc(-c2ccc(Br)s2)o1. The van der Waals surface area contributed by atoms with Crippen LogP contribution in [-0.4, -0.2) is 11.5 Å². The van der Waals surface area contributed by atoms with Crippen LogP contribution < -0.4 is 5.73 Å². The Balaban J connectivity index is 2.13. The van der Waals surface area contributed by atoms with E-state index in [2.05, 4.69) is 20.9 Å². The molecule has 0 aromatic carbocycles. The van der Waals surface area contributed by atoms with E-state index in [-0.39, 0.29) is 0 Å². The smallest absolute Gasteiger partial charge is 0.236 e. The van der Waals surface area contributed by atoms with Crippen LogP contribution in [0.15, 0.2) is 26.5 Å². The monoisotopic (exact) mass is 286 g/mol. The molecule has 2 rings (SSSR count). The van der Waals surface area contributed by atoms with E-state index in [1.54, 1.807) is 17.5 Å². The first-order chi connectivity index (χ1) is 7.29. The standard InChI is InChI=1S/C10H11BrN2OS/c11-9-4-3-8(15-9)10-13-6-7(14-10)2-1-5-12/h3-4,6H,1-2,5,12H2. The van der Waals surface area contributed by atoms with Gasteiger partial charge in [0.2, 0.25) is 5.89 Å². The molecule has 0 aliphatic rings. The summed E-state index contributed by atoms with van der Waals surface area (Å²) in [6.45, 7) is 0.681. The summed E-state index contributed by atoms with van der Waals surface area (Å²) in [6, 6.07) is 3.98. The maximum atomic E-state index is 5.61. The summed E-state index contributed by atoms with van der Waals surface area (Å²) in [5, 5.41) is 0. The summed E-state index contributed by atoms with van der Waals surface area (Å²) in [6.07, 6.45) is 3.57. The van der Waals surface area contributed by atoms with Gasteiger partial charge in [-0.1, -0.05) is 0 Å². The lowest BCUT2D eigenvalue weighted by Crippen LogP contribution is -1.99. The first-order valence-corrected chi connectivity index (χ1v) is 6.31. The van der Waals surface area contributed by atoms with Gasteiger partial charge in [-0.05, 0) is 41.0 Å². The molecule has 0 aliphatic heterocycles. The van der Waals surface area contributed by atoms with Crippen LogP contribution in [0.25, 0.3) is 10.8 Å². The zero-order valence-corrected chi connectivity index (χ0v) is 10.5. The predicted molar refractivity (Wildman–Crippen MR) is 64.9 cm³/mol. The van der Waals surface area contributed by atoms with Crippen molar-refractivity contribution in [3.8, 4) is 10.8 Å². The van der Waals surface area contributed by atoms with Gasteiger partial charge in [-0.2, -0.15) is 0 Å². The first-order valence-electron chi connectivity index (χ1n) is 4.70. The van der Waals surface area contributed by atoms with Gasteiger partial charge in [0.15, 0.2) is 0 Å². The van der Waals surface area contributed by atoms with Crippen LogP contribution in [-0.2, 0) is 6.42 Å². The molecule has 0 spiro atoms. The van der Waals surface area contributed by atoms with Gasteiger partial charge >= 0.3 is 0 Å². The average molecular weight is 287 g/mol. The van der Waals surface area contributed by atoms with Gasteiger partial charge in [0, 0.05) is 6.42 Å². The molecular weight excluding hydrogens is 276 g/mol. The molecule has 15 heavy (non-hydrogen) atoms. The molecule has 80 valence electrons. The molecule has 0 bridgehead atoms. The van der Waals surface area contributed by atoms with Gasteiger partial charge in [0.1, 0.15) is 5.76 Å². The predicted octanol–water partition coefficient (Wildman–Crippen LogP) is 3.06. The minimum absolute atomic E-state index is 0.681. The molecule has 5 heteroatoms. The number of rotatable bonds is 4. The Bertz CT molecular complexity index is 438. The molecule has 2 N–H and O–H groups in total. The highest BCUT2D eigenvalue weighted by molar-refractivity contribution is 9.11. The number of halogens is 1. The molecule has 2 aromatic rings. The van der Waals surface area contributed by atoms with Crippen molar-refractivity contribution in [1.29, 1.82) is 0 Å². The summed E-state index contributed by atoms with van der Waals surface area (Å²) in [5.41, 5.74) is 5.43. The van der Waals surface area contributed by atoms with E-state index in [9.17, 15) is 0 Å². The number of nitrogens with two attached hydrogens (primary N) is 1. The van der Waals surface area contributed by atoms with Crippen molar-refractivity contribution in [2.24, 2.45) is 5.73 Å². The second kappa shape index (κ2) is 4.92. The van der Waals surface area contributed by atoms with Gasteiger partial charge in [-0.25, -0.2) is 4.98 Å². The van der Waals surface area contributed by atoms with Crippen LogP contribution in [0.4, 0.5) is 0 Å². The number of oxazole rings is 1. The lowest BCUT2D eigenvalue weighted by molar-refractivity contribution is 0.512. The summed E-state index contributed by atoms with van der Waals surface area (Å²) < 4.78 is 6.69. The fraction of sp³-hybridized carbons (Fsp3) is 0.300. The normalized spacial score (nSPS) is 10.8. The van der Waals surface area contributed by atoms with E-state index < -0.39 is 0 Å². The zero-order valence-electron chi connectivity index (χ0n) is 8.07. The Hall–Kier alpha value is -0.650. The van der Waals surface area contributed by atoms with Gasteiger partial charge < -0.3 is 10.2 Å². The second-order valence-electron chi connectivity index (χ2n) is 3.13. The molecule has 2 heterocycles. The highest BCUT2D eigenvalue weighted by Crippen LogP contribution is 2.30. The maximum absolute atomic E-state index is 5.61. The van der Waals surface area contributed by atoms with Crippen molar-refractivity contribution in [2.45, 2.75) is 12.8 Å². The molecule has 3 nitrogen and oxygen atoms in total. The second-order valence-corrected chi connectivity index (χ2v) is 5.59. The van der Waals surface area contributed by atoms with Crippen molar-refractivity contribution in [2.75, 3.05) is 6.54 Å². The van der Waals surface area contributed by atoms with Crippen LogP contribution in [0.3, 0.4) is 0 Å². The zero-order chi connectivity index (χ0) is 10.7. The Morgan fingerprint density at radius 2 is 2.33 bits per heavy atom. The van der Waals surface area contributed by atoms with Crippen LogP contribution in [0, 0.1) is 0 Å². The lowest BCUT2D eigenvalue weighted by atomic mass is 10.3. The van der Waals surface area contributed by atoms with Gasteiger partial charge in [0.25, 0.3) is 0 Å². The summed E-state index contributed by atoms with van der Waals surface area (Å²) in [7, 11) is 0. The molecule has 0 saturated carbocycles. The van der Waals surface area contributed by atoms with Crippen LogP contribution in [0.1, 0.15) is 12.2 Å². The van der Waals surface area contributed by atoms with Crippen LogP contribution >= 0.6 is 27.3 Å². The van der Waals surface area contributed by atoms with Crippen LogP contribution in [0.2, 0.25) is 0 Å². The Kier molecular flexibility index (Phi) is 3.56. The van der Waals surface area contributed by atoms with Crippen molar-refractivity contribution >= 4 is 27.3 Å². The third-order valence-electron chi connectivity index (χ3n) is 1.96. The lowest BCUT2D eigenvalue weighted by Gasteiger charge is -1.92. The van der Waals surface area contributed by atoms with E-state index in [0.29, 0.717) is 12.4 Å². The van der Waals surface area contributed by atoms with Crippen molar-refractivity contribution in [3.05, 3.63) is 27.9 Å². The van der Waals surface area contributed by atoms with E-state index in [1.807, 2.05) is 12.1 Å². The van der Waals surface area contributed by atoms with E-state index in [4.69, 9.17) is 10.2 Å².